The Balaban J connectivity index is 2.93. The van der Waals surface area contributed by atoms with Crippen molar-refractivity contribution < 1.29 is 8.95 Å². The van der Waals surface area contributed by atoms with Gasteiger partial charge in [-0.3, -0.25) is 0 Å². The minimum Gasteiger partial charge on any atom is -0.497 e. The molecule has 1 N–H and O–H groups in total. The SMILES string of the molecule is CCCCC#CC(NS(=O)C(C)(C)C)c1ccc(OC)cc1. The predicted molar refractivity (Wildman–Crippen MR) is 94.1 cm³/mol. The van der Waals surface area contributed by atoms with Crippen molar-refractivity contribution in [2.75, 3.05) is 7.11 Å². The van der Waals surface area contributed by atoms with Crippen LogP contribution >= 0.6 is 0 Å². The normalized spacial score (nSPS) is 13.9. The zero-order chi connectivity index (χ0) is 16.6. The third-order valence-electron chi connectivity index (χ3n) is 3.13. The Hall–Kier alpha value is -1.31. The highest BCUT2D eigenvalue weighted by molar-refractivity contribution is 7.84. The lowest BCUT2D eigenvalue weighted by Gasteiger charge is -2.21. The lowest BCUT2D eigenvalue weighted by molar-refractivity contribution is 0.414. The van der Waals surface area contributed by atoms with Crippen molar-refractivity contribution >= 4 is 11.0 Å². The van der Waals surface area contributed by atoms with Gasteiger partial charge < -0.3 is 4.74 Å². The van der Waals surface area contributed by atoms with Gasteiger partial charge in [0.25, 0.3) is 0 Å². The summed E-state index contributed by atoms with van der Waals surface area (Å²) >= 11 is 0. The van der Waals surface area contributed by atoms with E-state index >= 15 is 0 Å². The fraction of sp³-hybridized carbons (Fsp3) is 0.556. The van der Waals surface area contributed by atoms with Crippen LogP contribution in [0.5, 0.6) is 5.75 Å². The largest absolute Gasteiger partial charge is 0.497 e. The number of ether oxygens (including phenoxy) is 1. The van der Waals surface area contributed by atoms with Crippen molar-refractivity contribution in [3.8, 4) is 17.6 Å². The Kier molecular flexibility index (Phi) is 7.64. The first-order valence-electron chi connectivity index (χ1n) is 7.69. The van der Waals surface area contributed by atoms with Crippen LogP contribution in [0.3, 0.4) is 0 Å². The second kappa shape index (κ2) is 8.97. The van der Waals surface area contributed by atoms with Gasteiger partial charge in [0.05, 0.1) is 22.8 Å². The topological polar surface area (TPSA) is 38.3 Å². The van der Waals surface area contributed by atoms with Crippen molar-refractivity contribution in [2.24, 2.45) is 0 Å². The van der Waals surface area contributed by atoms with Crippen LogP contribution in [-0.2, 0) is 11.0 Å². The van der Waals surface area contributed by atoms with E-state index < -0.39 is 11.0 Å². The highest BCUT2D eigenvalue weighted by Gasteiger charge is 2.22. The minimum absolute atomic E-state index is 0.233. The third-order valence-corrected chi connectivity index (χ3v) is 4.69. The molecular weight excluding hydrogens is 294 g/mol. The van der Waals surface area contributed by atoms with E-state index in [2.05, 4.69) is 23.5 Å². The summed E-state index contributed by atoms with van der Waals surface area (Å²) in [5, 5.41) is 0. The summed E-state index contributed by atoms with van der Waals surface area (Å²) in [6.07, 6.45) is 3.08. The number of benzene rings is 1. The molecule has 4 heteroatoms. The van der Waals surface area contributed by atoms with Gasteiger partial charge in [0.15, 0.2) is 0 Å². The number of nitrogens with one attached hydrogen (secondary N) is 1. The number of hydrogen-bond acceptors (Lipinski definition) is 2. The van der Waals surface area contributed by atoms with Crippen LogP contribution in [0.2, 0.25) is 0 Å². The molecule has 0 saturated carbocycles. The molecule has 0 bridgehead atoms. The molecule has 1 aromatic carbocycles. The molecule has 2 atom stereocenters. The van der Waals surface area contributed by atoms with Gasteiger partial charge in [0, 0.05) is 6.42 Å². The summed E-state index contributed by atoms with van der Waals surface area (Å²) < 4.78 is 20.4. The molecule has 0 saturated heterocycles. The first-order chi connectivity index (χ1) is 10.4. The molecule has 1 aromatic rings. The number of hydrogen-bond donors (Lipinski definition) is 1. The molecular formula is C18H27NO2S. The summed E-state index contributed by atoms with van der Waals surface area (Å²) in [4.78, 5) is 0. The minimum atomic E-state index is -1.17. The Morgan fingerprint density at radius 2 is 1.91 bits per heavy atom. The Morgan fingerprint density at radius 3 is 2.41 bits per heavy atom. The Morgan fingerprint density at radius 1 is 1.27 bits per heavy atom. The highest BCUT2D eigenvalue weighted by Crippen LogP contribution is 2.20. The molecule has 0 radical (unpaired) electrons. The van der Waals surface area contributed by atoms with Crippen LogP contribution in [0.4, 0.5) is 0 Å². The smallest absolute Gasteiger partial charge is 0.118 e. The van der Waals surface area contributed by atoms with Gasteiger partial charge >= 0.3 is 0 Å². The summed E-state index contributed by atoms with van der Waals surface area (Å²) in [7, 11) is 0.477. The highest BCUT2D eigenvalue weighted by atomic mass is 32.2. The molecule has 122 valence electrons. The van der Waals surface area contributed by atoms with Crippen molar-refractivity contribution in [1.29, 1.82) is 0 Å². The molecule has 0 aliphatic heterocycles. The monoisotopic (exact) mass is 321 g/mol. The third kappa shape index (κ3) is 6.21. The van der Waals surface area contributed by atoms with Crippen LogP contribution < -0.4 is 9.46 Å². The van der Waals surface area contributed by atoms with Crippen LogP contribution in [0.1, 0.15) is 58.6 Å². The average Bonchev–Trinajstić information content (AvgIpc) is 2.49. The zero-order valence-electron chi connectivity index (χ0n) is 14.2. The van der Waals surface area contributed by atoms with Gasteiger partial charge in [0.2, 0.25) is 0 Å². The fourth-order valence-electron chi connectivity index (χ4n) is 1.70. The summed E-state index contributed by atoms with van der Waals surface area (Å²) in [6, 6.07) is 7.49. The molecule has 0 spiro atoms. The molecule has 0 fully saturated rings. The van der Waals surface area contributed by atoms with E-state index in [9.17, 15) is 4.21 Å². The van der Waals surface area contributed by atoms with E-state index in [1.54, 1.807) is 7.11 Å². The maximum Gasteiger partial charge on any atom is 0.118 e. The van der Waals surface area contributed by atoms with Gasteiger partial charge in [-0.05, 0) is 44.9 Å². The summed E-state index contributed by atoms with van der Waals surface area (Å²) in [6.45, 7) is 8.00. The average molecular weight is 321 g/mol. The molecule has 2 unspecified atom stereocenters. The molecule has 3 nitrogen and oxygen atoms in total. The van der Waals surface area contributed by atoms with E-state index in [4.69, 9.17) is 4.74 Å². The van der Waals surface area contributed by atoms with Gasteiger partial charge in [-0.2, -0.15) is 0 Å². The maximum atomic E-state index is 12.4. The van der Waals surface area contributed by atoms with Crippen LogP contribution in [0.15, 0.2) is 24.3 Å². The van der Waals surface area contributed by atoms with Crippen molar-refractivity contribution in [1.82, 2.24) is 4.72 Å². The predicted octanol–water partition coefficient (Wildman–Crippen LogP) is 3.98. The standard InChI is InChI=1S/C18H27NO2S/c1-6-7-8-9-10-17(19-22(20)18(2,3)4)15-11-13-16(21-5)14-12-15/h11-14,17,19H,6-8H2,1-5H3. The van der Waals surface area contributed by atoms with Gasteiger partial charge in [0.1, 0.15) is 11.8 Å². The van der Waals surface area contributed by atoms with Gasteiger partial charge in [-0.15, -0.1) is 5.92 Å². The molecule has 0 aliphatic rings. The molecule has 0 amide bonds. The Bertz CT molecular complexity index is 535. The fourth-order valence-corrected chi connectivity index (χ4v) is 2.46. The summed E-state index contributed by atoms with van der Waals surface area (Å²) in [5.41, 5.74) is 1.00. The van der Waals surface area contributed by atoms with Gasteiger partial charge in [-0.25, -0.2) is 8.93 Å². The van der Waals surface area contributed by atoms with Crippen LogP contribution in [0, 0.1) is 11.8 Å². The molecule has 0 aliphatic carbocycles. The second-order valence-corrected chi connectivity index (χ2v) is 8.13. The Labute approximate surface area is 137 Å². The number of methoxy groups -OCH3 is 1. The van der Waals surface area contributed by atoms with E-state index in [1.807, 2.05) is 45.0 Å². The van der Waals surface area contributed by atoms with Crippen molar-refractivity contribution in [2.45, 2.75) is 57.7 Å². The summed E-state index contributed by atoms with van der Waals surface area (Å²) in [5.74, 6) is 7.21. The van der Waals surface area contributed by atoms with E-state index in [0.29, 0.717) is 0 Å². The quantitative estimate of drug-likeness (QED) is 0.636. The molecule has 1 rings (SSSR count). The first kappa shape index (κ1) is 18.7. The lowest BCUT2D eigenvalue weighted by Crippen LogP contribution is -2.35. The van der Waals surface area contributed by atoms with E-state index in [1.165, 1.54) is 0 Å². The first-order valence-corrected chi connectivity index (χ1v) is 8.84. The van der Waals surface area contributed by atoms with E-state index in [0.717, 1.165) is 30.6 Å². The van der Waals surface area contributed by atoms with Crippen LogP contribution in [0.25, 0.3) is 0 Å². The molecule has 22 heavy (non-hydrogen) atoms. The molecule has 0 heterocycles. The second-order valence-electron chi connectivity index (χ2n) is 6.13. The van der Waals surface area contributed by atoms with Gasteiger partial charge in [-0.1, -0.05) is 31.4 Å². The van der Waals surface area contributed by atoms with Crippen LogP contribution in [-0.4, -0.2) is 16.1 Å². The number of unbranched alkanes of at least 4 members (excludes halogenated alkanes) is 2. The van der Waals surface area contributed by atoms with Crippen molar-refractivity contribution in [3.63, 3.8) is 0 Å². The van der Waals surface area contributed by atoms with E-state index in [-0.39, 0.29) is 10.8 Å². The number of rotatable bonds is 6. The maximum absolute atomic E-state index is 12.4. The molecule has 0 aromatic heterocycles. The van der Waals surface area contributed by atoms with Crippen molar-refractivity contribution in [3.05, 3.63) is 29.8 Å². The lowest BCUT2D eigenvalue weighted by atomic mass is 10.1. The zero-order valence-corrected chi connectivity index (χ0v) is 15.0.